The van der Waals surface area contributed by atoms with Crippen molar-refractivity contribution >= 4 is 17.1 Å². The SMILES string of the molecule is CN(c1ccc([N+](=O)[O-])c(N)c1)C1CCC(N)CC1. The molecule has 0 aliphatic heterocycles. The molecule has 0 amide bonds. The van der Waals surface area contributed by atoms with Crippen LogP contribution >= 0.6 is 0 Å². The lowest BCUT2D eigenvalue weighted by Crippen LogP contribution is -2.38. The van der Waals surface area contributed by atoms with Crippen molar-refractivity contribution in [3.8, 4) is 0 Å². The monoisotopic (exact) mass is 264 g/mol. The number of nitro groups is 1. The Balaban J connectivity index is 2.13. The molecular weight excluding hydrogens is 244 g/mol. The molecule has 0 bridgehead atoms. The summed E-state index contributed by atoms with van der Waals surface area (Å²) in [5.74, 6) is 0. The molecule has 104 valence electrons. The smallest absolute Gasteiger partial charge is 0.292 e. The van der Waals surface area contributed by atoms with E-state index in [0.717, 1.165) is 31.4 Å². The number of benzene rings is 1. The molecule has 0 radical (unpaired) electrons. The largest absolute Gasteiger partial charge is 0.393 e. The normalized spacial score (nSPS) is 23.1. The Kier molecular flexibility index (Phi) is 3.90. The summed E-state index contributed by atoms with van der Waals surface area (Å²) in [6.45, 7) is 0. The van der Waals surface area contributed by atoms with Crippen molar-refractivity contribution in [2.45, 2.75) is 37.8 Å². The fourth-order valence-corrected chi connectivity index (χ4v) is 2.63. The van der Waals surface area contributed by atoms with Crippen LogP contribution in [-0.4, -0.2) is 24.1 Å². The topological polar surface area (TPSA) is 98.4 Å². The number of rotatable bonds is 3. The molecule has 0 spiro atoms. The number of nitrogen functional groups attached to an aromatic ring is 1. The van der Waals surface area contributed by atoms with Gasteiger partial charge in [-0.3, -0.25) is 10.1 Å². The molecule has 1 aromatic carbocycles. The lowest BCUT2D eigenvalue weighted by molar-refractivity contribution is -0.383. The zero-order chi connectivity index (χ0) is 14.0. The van der Waals surface area contributed by atoms with Gasteiger partial charge in [-0.2, -0.15) is 0 Å². The van der Waals surface area contributed by atoms with Crippen LogP contribution in [0.25, 0.3) is 0 Å². The number of nitrogens with two attached hydrogens (primary N) is 2. The number of hydrogen-bond acceptors (Lipinski definition) is 5. The third kappa shape index (κ3) is 2.96. The zero-order valence-corrected chi connectivity index (χ0v) is 11.1. The maximum atomic E-state index is 10.7. The molecule has 1 aliphatic rings. The summed E-state index contributed by atoms with van der Waals surface area (Å²) in [5.41, 5.74) is 12.7. The molecule has 19 heavy (non-hydrogen) atoms. The van der Waals surface area contributed by atoms with Crippen LogP contribution in [0, 0.1) is 10.1 Å². The Labute approximate surface area is 112 Å². The van der Waals surface area contributed by atoms with Gasteiger partial charge < -0.3 is 16.4 Å². The molecular formula is C13H20N4O2. The lowest BCUT2D eigenvalue weighted by atomic mass is 9.91. The van der Waals surface area contributed by atoms with E-state index >= 15 is 0 Å². The average Bonchev–Trinajstić information content (AvgIpc) is 2.38. The van der Waals surface area contributed by atoms with Crippen LogP contribution in [0.1, 0.15) is 25.7 Å². The minimum Gasteiger partial charge on any atom is -0.393 e. The van der Waals surface area contributed by atoms with Gasteiger partial charge in [-0.05, 0) is 37.8 Å². The van der Waals surface area contributed by atoms with Crippen LogP contribution in [0.4, 0.5) is 17.1 Å². The summed E-state index contributed by atoms with van der Waals surface area (Å²) >= 11 is 0. The van der Waals surface area contributed by atoms with Gasteiger partial charge in [0.1, 0.15) is 5.69 Å². The molecule has 6 nitrogen and oxygen atoms in total. The predicted octanol–water partition coefficient (Wildman–Crippen LogP) is 1.88. The van der Waals surface area contributed by atoms with Gasteiger partial charge in [0.15, 0.2) is 0 Å². The summed E-state index contributed by atoms with van der Waals surface area (Å²) in [4.78, 5) is 12.4. The van der Waals surface area contributed by atoms with E-state index in [-0.39, 0.29) is 11.4 Å². The van der Waals surface area contributed by atoms with Crippen LogP contribution in [0.15, 0.2) is 18.2 Å². The molecule has 6 heteroatoms. The van der Waals surface area contributed by atoms with Gasteiger partial charge >= 0.3 is 0 Å². The van der Waals surface area contributed by atoms with Gasteiger partial charge in [0.25, 0.3) is 5.69 Å². The van der Waals surface area contributed by atoms with Crippen LogP contribution in [0.5, 0.6) is 0 Å². The molecule has 1 fully saturated rings. The van der Waals surface area contributed by atoms with Crippen molar-refractivity contribution in [1.29, 1.82) is 0 Å². The Bertz CT molecular complexity index is 470. The highest BCUT2D eigenvalue weighted by Crippen LogP contribution is 2.30. The zero-order valence-electron chi connectivity index (χ0n) is 11.1. The van der Waals surface area contributed by atoms with E-state index < -0.39 is 4.92 Å². The highest BCUT2D eigenvalue weighted by Gasteiger charge is 2.23. The van der Waals surface area contributed by atoms with E-state index in [1.54, 1.807) is 12.1 Å². The Morgan fingerprint density at radius 1 is 1.32 bits per heavy atom. The molecule has 0 heterocycles. The molecule has 4 N–H and O–H groups in total. The van der Waals surface area contributed by atoms with Gasteiger partial charge in [0.05, 0.1) is 4.92 Å². The summed E-state index contributed by atoms with van der Waals surface area (Å²) < 4.78 is 0. The van der Waals surface area contributed by atoms with Gasteiger partial charge in [-0.15, -0.1) is 0 Å². The highest BCUT2D eigenvalue weighted by atomic mass is 16.6. The Hall–Kier alpha value is -1.82. The first-order chi connectivity index (χ1) is 8.99. The first kappa shape index (κ1) is 13.6. The van der Waals surface area contributed by atoms with Crippen molar-refractivity contribution in [2.24, 2.45) is 5.73 Å². The Morgan fingerprint density at radius 2 is 1.95 bits per heavy atom. The molecule has 0 aromatic heterocycles. The van der Waals surface area contributed by atoms with Gasteiger partial charge in [-0.1, -0.05) is 0 Å². The maximum Gasteiger partial charge on any atom is 0.292 e. The minimum absolute atomic E-state index is 0.0391. The standard InChI is InChI=1S/C13H20N4O2/c1-16(10-4-2-9(14)3-5-10)11-6-7-13(17(18)19)12(15)8-11/h6-10H,2-5,14-15H2,1H3. The maximum absolute atomic E-state index is 10.7. The second-order valence-corrected chi connectivity index (χ2v) is 5.18. The third-order valence-electron chi connectivity index (χ3n) is 3.90. The van der Waals surface area contributed by atoms with Crippen molar-refractivity contribution in [3.63, 3.8) is 0 Å². The second-order valence-electron chi connectivity index (χ2n) is 5.18. The van der Waals surface area contributed by atoms with Crippen molar-refractivity contribution in [1.82, 2.24) is 0 Å². The Morgan fingerprint density at radius 3 is 2.47 bits per heavy atom. The molecule has 0 saturated heterocycles. The third-order valence-corrected chi connectivity index (χ3v) is 3.90. The summed E-state index contributed by atoms with van der Waals surface area (Å²) in [5, 5.41) is 10.7. The van der Waals surface area contributed by atoms with E-state index in [2.05, 4.69) is 4.90 Å². The van der Waals surface area contributed by atoms with Gasteiger partial charge in [-0.25, -0.2) is 0 Å². The first-order valence-corrected chi connectivity index (χ1v) is 6.51. The predicted molar refractivity (Wildman–Crippen MR) is 76.1 cm³/mol. The molecule has 1 saturated carbocycles. The van der Waals surface area contributed by atoms with Crippen molar-refractivity contribution in [2.75, 3.05) is 17.7 Å². The number of anilines is 2. The fourth-order valence-electron chi connectivity index (χ4n) is 2.63. The molecule has 1 aromatic rings. The van der Waals surface area contributed by atoms with Crippen LogP contribution in [0.2, 0.25) is 0 Å². The van der Waals surface area contributed by atoms with Gasteiger partial charge in [0.2, 0.25) is 0 Å². The first-order valence-electron chi connectivity index (χ1n) is 6.51. The van der Waals surface area contributed by atoms with E-state index in [4.69, 9.17) is 11.5 Å². The second kappa shape index (κ2) is 5.44. The summed E-state index contributed by atoms with van der Waals surface area (Å²) in [6, 6.07) is 5.64. The van der Waals surface area contributed by atoms with E-state index in [9.17, 15) is 10.1 Å². The number of nitro benzene ring substituents is 1. The van der Waals surface area contributed by atoms with Crippen molar-refractivity contribution in [3.05, 3.63) is 28.3 Å². The quantitative estimate of drug-likeness (QED) is 0.493. The molecule has 0 atom stereocenters. The average molecular weight is 264 g/mol. The van der Waals surface area contributed by atoms with Crippen LogP contribution in [-0.2, 0) is 0 Å². The van der Waals surface area contributed by atoms with Crippen LogP contribution in [0.3, 0.4) is 0 Å². The van der Waals surface area contributed by atoms with E-state index in [1.807, 2.05) is 7.05 Å². The minimum atomic E-state index is -0.460. The molecule has 1 aliphatic carbocycles. The molecule has 0 unspecified atom stereocenters. The van der Waals surface area contributed by atoms with Crippen molar-refractivity contribution < 1.29 is 4.92 Å². The molecule has 2 rings (SSSR count). The van der Waals surface area contributed by atoms with Gasteiger partial charge in [0, 0.05) is 30.9 Å². The lowest BCUT2D eigenvalue weighted by Gasteiger charge is -2.35. The van der Waals surface area contributed by atoms with E-state index in [0.29, 0.717) is 12.1 Å². The van der Waals surface area contributed by atoms with E-state index in [1.165, 1.54) is 6.07 Å². The number of nitrogens with zero attached hydrogens (tertiary/aromatic N) is 2. The summed E-state index contributed by atoms with van der Waals surface area (Å²) in [7, 11) is 2.00. The fraction of sp³-hybridized carbons (Fsp3) is 0.538. The van der Waals surface area contributed by atoms with Crippen LogP contribution < -0.4 is 16.4 Å². The number of hydrogen-bond donors (Lipinski definition) is 2. The summed E-state index contributed by atoms with van der Waals surface area (Å²) in [6.07, 6.45) is 4.15. The highest BCUT2D eigenvalue weighted by molar-refractivity contribution is 5.66.